The van der Waals surface area contributed by atoms with Crippen molar-refractivity contribution in [2.45, 2.75) is 0 Å². The van der Waals surface area contributed by atoms with E-state index in [0.29, 0.717) is 11.5 Å². The van der Waals surface area contributed by atoms with Crippen LogP contribution in [0, 0.1) is 11.6 Å². The Morgan fingerprint density at radius 2 is 1.92 bits per heavy atom. The number of hydrogen-bond donors (Lipinski definition) is 1. The molecule has 0 radical (unpaired) electrons. The molecule has 3 rings (SSSR count). The largest absolute Gasteiger partial charge is 0.497 e. The van der Waals surface area contributed by atoms with Gasteiger partial charge in [-0.3, -0.25) is 10.1 Å². The van der Waals surface area contributed by atoms with Gasteiger partial charge < -0.3 is 9.47 Å². The summed E-state index contributed by atoms with van der Waals surface area (Å²) in [6.07, 6.45) is 0. The van der Waals surface area contributed by atoms with Gasteiger partial charge in [0.1, 0.15) is 23.1 Å². The van der Waals surface area contributed by atoms with Gasteiger partial charge in [0.2, 0.25) is 0 Å². The zero-order valence-electron chi connectivity index (χ0n) is 13.9. The summed E-state index contributed by atoms with van der Waals surface area (Å²) in [5.74, 6) is -0.750. The first-order valence-corrected chi connectivity index (χ1v) is 8.34. The number of carbonyl (C=O) groups excluding carboxylic acids is 1. The van der Waals surface area contributed by atoms with Gasteiger partial charge >= 0.3 is 0 Å². The van der Waals surface area contributed by atoms with Crippen molar-refractivity contribution in [2.24, 2.45) is 0 Å². The third-order valence-corrected chi connectivity index (χ3v) is 4.34. The van der Waals surface area contributed by atoms with Gasteiger partial charge in [-0.25, -0.2) is 13.8 Å². The van der Waals surface area contributed by atoms with E-state index in [9.17, 15) is 13.6 Å². The lowest BCUT2D eigenvalue weighted by Crippen LogP contribution is -2.13. The van der Waals surface area contributed by atoms with Crippen LogP contribution in [-0.4, -0.2) is 25.1 Å². The third kappa shape index (κ3) is 3.65. The molecule has 1 amide bonds. The Kier molecular flexibility index (Phi) is 5.13. The van der Waals surface area contributed by atoms with Crippen LogP contribution in [0.3, 0.4) is 0 Å². The molecule has 3 aromatic rings. The summed E-state index contributed by atoms with van der Waals surface area (Å²) >= 11 is 1.10. The first-order valence-electron chi connectivity index (χ1n) is 7.46. The van der Waals surface area contributed by atoms with E-state index in [0.717, 1.165) is 29.5 Å². The minimum Gasteiger partial charge on any atom is -0.497 e. The monoisotopic (exact) mass is 376 g/mol. The van der Waals surface area contributed by atoms with Gasteiger partial charge in [-0.1, -0.05) is 0 Å². The van der Waals surface area contributed by atoms with Crippen molar-refractivity contribution >= 4 is 22.4 Å². The number of nitrogens with zero attached hydrogens (tertiary/aromatic N) is 1. The number of amides is 1. The second-order valence-corrected chi connectivity index (χ2v) is 6.04. The number of thiazole rings is 1. The highest BCUT2D eigenvalue weighted by Gasteiger charge is 2.17. The molecule has 2 aromatic carbocycles. The van der Waals surface area contributed by atoms with Crippen molar-refractivity contribution in [3.8, 4) is 22.8 Å². The van der Waals surface area contributed by atoms with Gasteiger partial charge in [0.05, 0.1) is 25.5 Å². The van der Waals surface area contributed by atoms with Crippen LogP contribution >= 0.6 is 11.3 Å². The van der Waals surface area contributed by atoms with Crippen molar-refractivity contribution in [2.75, 3.05) is 19.5 Å². The molecule has 0 bridgehead atoms. The Balaban J connectivity index is 1.85. The molecule has 0 saturated carbocycles. The lowest BCUT2D eigenvalue weighted by Gasteiger charge is -2.09. The number of anilines is 1. The molecule has 0 unspecified atom stereocenters. The number of methoxy groups -OCH3 is 2. The van der Waals surface area contributed by atoms with Crippen LogP contribution in [0.25, 0.3) is 11.3 Å². The van der Waals surface area contributed by atoms with Crippen LogP contribution < -0.4 is 14.8 Å². The van der Waals surface area contributed by atoms with Gasteiger partial charge in [-0.2, -0.15) is 0 Å². The fourth-order valence-electron chi connectivity index (χ4n) is 2.30. The third-order valence-electron chi connectivity index (χ3n) is 3.58. The lowest BCUT2D eigenvalue weighted by atomic mass is 10.1. The van der Waals surface area contributed by atoms with E-state index >= 15 is 0 Å². The van der Waals surface area contributed by atoms with Crippen molar-refractivity contribution in [3.63, 3.8) is 0 Å². The predicted octanol–water partition coefficient (Wildman–Crippen LogP) is 4.36. The molecule has 0 aliphatic rings. The van der Waals surface area contributed by atoms with E-state index in [-0.39, 0.29) is 22.0 Å². The normalized spacial score (nSPS) is 10.5. The van der Waals surface area contributed by atoms with Crippen LogP contribution in [0.1, 0.15) is 10.4 Å². The highest BCUT2D eigenvalue weighted by Crippen LogP contribution is 2.29. The van der Waals surface area contributed by atoms with Crippen LogP contribution in [0.15, 0.2) is 41.8 Å². The Labute approximate surface area is 152 Å². The fourth-order valence-corrected chi connectivity index (χ4v) is 3.01. The van der Waals surface area contributed by atoms with E-state index in [2.05, 4.69) is 10.3 Å². The maximum absolute atomic E-state index is 13.9. The Morgan fingerprint density at radius 1 is 1.12 bits per heavy atom. The number of ether oxygens (including phenoxy) is 2. The average Bonchev–Trinajstić information content (AvgIpc) is 3.11. The van der Waals surface area contributed by atoms with Crippen molar-refractivity contribution < 1.29 is 23.0 Å². The quantitative estimate of drug-likeness (QED) is 0.719. The molecule has 26 heavy (non-hydrogen) atoms. The van der Waals surface area contributed by atoms with E-state index in [1.165, 1.54) is 25.7 Å². The van der Waals surface area contributed by atoms with Crippen molar-refractivity contribution in [1.29, 1.82) is 0 Å². The first-order chi connectivity index (χ1) is 12.5. The molecular formula is C18H14F2N2O3S. The molecule has 5 nitrogen and oxygen atoms in total. The summed E-state index contributed by atoms with van der Waals surface area (Å²) in [6, 6.07) is 7.94. The maximum atomic E-state index is 13.9. The average molecular weight is 376 g/mol. The van der Waals surface area contributed by atoms with Crippen molar-refractivity contribution in [3.05, 3.63) is 59.0 Å². The standard InChI is InChI=1S/C18H14F2N2O3S/c1-24-11-4-6-16(25-2)13(8-11)17(23)22-18-21-15(9-26-18)12-7-10(19)3-5-14(12)20/h3-9H,1-2H3,(H,21,22,23). The number of rotatable bonds is 5. The molecular weight excluding hydrogens is 362 g/mol. The minimum absolute atomic E-state index is 0.0284. The number of hydrogen-bond acceptors (Lipinski definition) is 5. The smallest absolute Gasteiger partial charge is 0.261 e. The van der Waals surface area contributed by atoms with Crippen LogP contribution in [-0.2, 0) is 0 Å². The van der Waals surface area contributed by atoms with Crippen LogP contribution in [0.2, 0.25) is 0 Å². The second kappa shape index (κ2) is 7.49. The zero-order chi connectivity index (χ0) is 18.7. The van der Waals surface area contributed by atoms with Crippen LogP contribution in [0.4, 0.5) is 13.9 Å². The molecule has 1 N–H and O–H groups in total. The first kappa shape index (κ1) is 17.8. The Hall–Kier alpha value is -3.00. The number of aromatic nitrogens is 1. The summed E-state index contributed by atoms with van der Waals surface area (Å²) < 4.78 is 37.5. The molecule has 0 atom stereocenters. The summed E-state index contributed by atoms with van der Waals surface area (Å²) in [5.41, 5.74) is 0.529. The number of benzene rings is 2. The highest BCUT2D eigenvalue weighted by atomic mass is 32.1. The molecule has 1 heterocycles. The zero-order valence-corrected chi connectivity index (χ0v) is 14.7. The van der Waals surface area contributed by atoms with Gasteiger partial charge in [0.25, 0.3) is 5.91 Å². The van der Waals surface area contributed by atoms with Crippen molar-refractivity contribution in [1.82, 2.24) is 4.98 Å². The van der Waals surface area contributed by atoms with Crippen LogP contribution in [0.5, 0.6) is 11.5 Å². The lowest BCUT2D eigenvalue weighted by molar-refractivity contribution is 0.102. The number of carbonyl (C=O) groups is 1. The number of nitrogens with one attached hydrogen (secondary N) is 1. The molecule has 134 valence electrons. The minimum atomic E-state index is -0.593. The summed E-state index contributed by atoms with van der Waals surface area (Å²) in [5, 5.41) is 4.41. The van der Waals surface area contributed by atoms with Gasteiger partial charge in [0, 0.05) is 10.9 Å². The molecule has 8 heteroatoms. The van der Waals surface area contributed by atoms with Gasteiger partial charge in [0.15, 0.2) is 5.13 Å². The molecule has 0 aliphatic heterocycles. The van der Waals surface area contributed by atoms with E-state index < -0.39 is 17.5 Å². The molecule has 1 aromatic heterocycles. The summed E-state index contributed by atoms with van der Waals surface area (Å²) in [4.78, 5) is 16.7. The van der Waals surface area contributed by atoms with E-state index in [1.807, 2.05) is 0 Å². The molecule has 0 fully saturated rings. The molecule has 0 aliphatic carbocycles. The predicted molar refractivity (Wildman–Crippen MR) is 95.0 cm³/mol. The van der Waals surface area contributed by atoms with Gasteiger partial charge in [-0.15, -0.1) is 11.3 Å². The van der Waals surface area contributed by atoms with E-state index in [4.69, 9.17) is 9.47 Å². The maximum Gasteiger partial charge on any atom is 0.261 e. The SMILES string of the molecule is COc1ccc(OC)c(C(=O)Nc2nc(-c3cc(F)ccc3F)cs2)c1. The Bertz CT molecular complexity index is 959. The van der Waals surface area contributed by atoms with Gasteiger partial charge in [-0.05, 0) is 36.4 Å². The topological polar surface area (TPSA) is 60.5 Å². The summed E-state index contributed by atoms with van der Waals surface area (Å²) in [7, 11) is 2.94. The van der Waals surface area contributed by atoms with E-state index in [1.54, 1.807) is 12.1 Å². The second-order valence-electron chi connectivity index (χ2n) is 5.18. The fraction of sp³-hybridized carbons (Fsp3) is 0.111. The molecule has 0 saturated heterocycles. The summed E-state index contributed by atoms with van der Waals surface area (Å²) in [6.45, 7) is 0. The highest BCUT2D eigenvalue weighted by molar-refractivity contribution is 7.14. The Morgan fingerprint density at radius 3 is 2.65 bits per heavy atom. The number of halogens is 2. The molecule has 0 spiro atoms.